The summed E-state index contributed by atoms with van der Waals surface area (Å²) >= 11 is 0. The highest BCUT2D eigenvalue weighted by molar-refractivity contribution is 6.07. The molecular formula is C26H20N4O. The van der Waals surface area contributed by atoms with Crippen LogP contribution in [0.3, 0.4) is 0 Å². The Morgan fingerprint density at radius 1 is 0.806 bits per heavy atom. The average molecular weight is 404 g/mol. The Morgan fingerprint density at radius 2 is 1.45 bits per heavy atom. The lowest BCUT2D eigenvalue weighted by atomic mass is 9.96. The van der Waals surface area contributed by atoms with Gasteiger partial charge in [0.05, 0.1) is 12.2 Å². The van der Waals surface area contributed by atoms with Gasteiger partial charge in [-0.2, -0.15) is 0 Å². The van der Waals surface area contributed by atoms with Crippen LogP contribution in [0, 0.1) is 0 Å². The summed E-state index contributed by atoms with van der Waals surface area (Å²) in [5.41, 5.74) is 3.43. The van der Waals surface area contributed by atoms with Gasteiger partial charge in [-0.25, -0.2) is 4.68 Å². The molecule has 0 aliphatic carbocycles. The molecule has 0 unspecified atom stereocenters. The van der Waals surface area contributed by atoms with Crippen molar-refractivity contribution in [2.75, 3.05) is 11.4 Å². The quantitative estimate of drug-likeness (QED) is 0.405. The fourth-order valence-electron chi connectivity index (χ4n) is 4.59. The van der Waals surface area contributed by atoms with Crippen molar-refractivity contribution < 1.29 is 4.79 Å². The van der Waals surface area contributed by atoms with Gasteiger partial charge in [0.25, 0.3) is 5.91 Å². The first-order chi connectivity index (χ1) is 15.3. The number of para-hydroxylation sites is 1. The molecule has 0 spiro atoms. The standard InChI is InChI=1S/C26H20N4O/c31-26-25-24(14-15-29(26)20-10-2-1-3-11-20)27-28-30(25)17-23-21-12-6-4-8-18(21)16-19-9-5-7-13-22(19)23/h1-13,16H,14-15,17H2. The average Bonchev–Trinajstić information content (AvgIpc) is 3.23. The summed E-state index contributed by atoms with van der Waals surface area (Å²) in [5.74, 6) is -0.0398. The Labute approximate surface area is 179 Å². The molecule has 0 bridgehead atoms. The predicted octanol–water partition coefficient (Wildman–Crippen LogP) is 4.84. The summed E-state index contributed by atoms with van der Waals surface area (Å²) in [7, 11) is 0. The maximum absolute atomic E-state index is 13.4. The number of fused-ring (bicyclic) bond motifs is 3. The highest BCUT2D eigenvalue weighted by atomic mass is 16.2. The molecule has 1 aliphatic heterocycles. The largest absolute Gasteiger partial charge is 0.307 e. The summed E-state index contributed by atoms with van der Waals surface area (Å²) in [6, 6.07) is 28.8. The number of anilines is 1. The number of nitrogens with zero attached hydrogens (tertiary/aromatic N) is 4. The van der Waals surface area contributed by atoms with E-state index in [0.717, 1.165) is 16.9 Å². The van der Waals surface area contributed by atoms with Crippen LogP contribution in [0.5, 0.6) is 0 Å². The van der Waals surface area contributed by atoms with Gasteiger partial charge in [0.1, 0.15) is 0 Å². The molecule has 0 N–H and O–H groups in total. The van der Waals surface area contributed by atoms with Gasteiger partial charge in [-0.3, -0.25) is 4.79 Å². The number of hydrogen-bond donors (Lipinski definition) is 0. The van der Waals surface area contributed by atoms with Crippen molar-refractivity contribution in [1.29, 1.82) is 0 Å². The molecule has 0 saturated heterocycles. The minimum absolute atomic E-state index is 0.0398. The lowest BCUT2D eigenvalue weighted by molar-refractivity contribution is 0.0970. The second-order valence-corrected chi connectivity index (χ2v) is 7.88. The molecule has 6 rings (SSSR count). The van der Waals surface area contributed by atoms with E-state index in [-0.39, 0.29) is 5.91 Å². The number of aromatic nitrogens is 3. The zero-order valence-corrected chi connectivity index (χ0v) is 16.9. The van der Waals surface area contributed by atoms with Crippen LogP contribution in [0.2, 0.25) is 0 Å². The molecule has 1 aliphatic rings. The van der Waals surface area contributed by atoms with Gasteiger partial charge in [-0.05, 0) is 45.3 Å². The molecule has 0 saturated carbocycles. The highest BCUT2D eigenvalue weighted by Gasteiger charge is 2.31. The summed E-state index contributed by atoms with van der Waals surface area (Å²) in [4.78, 5) is 15.3. The van der Waals surface area contributed by atoms with Crippen LogP contribution >= 0.6 is 0 Å². The lowest BCUT2D eigenvalue weighted by Crippen LogP contribution is -2.39. The number of carbonyl (C=O) groups is 1. The van der Waals surface area contributed by atoms with Crippen molar-refractivity contribution in [3.05, 3.63) is 102 Å². The number of benzene rings is 4. The third-order valence-corrected chi connectivity index (χ3v) is 6.08. The molecule has 31 heavy (non-hydrogen) atoms. The van der Waals surface area contributed by atoms with E-state index in [9.17, 15) is 4.79 Å². The summed E-state index contributed by atoms with van der Waals surface area (Å²) in [6.07, 6.45) is 0.701. The molecule has 0 radical (unpaired) electrons. The van der Waals surface area contributed by atoms with Crippen LogP contribution in [-0.2, 0) is 13.0 Å². The Bertz CT molecular complexity index is 1380. The molecule has 1 aromatic heterocycles. The first kappa shape index (κ1) is 17.8. The van der Waals surface area contributed by atoms with Crippen molar-refractivity contribution in [1.82, 2.24) is 15.0 Å². The molecular weight excluding hydrogens is 384 g/mol. The van der Waals surface area contributed by atoms with Gasteiger partial charge < -0.3 is 4.90 Å². The van der Waals surface area contributed by atoms with Crippen LogP contribution in [-0.4, -0.2) is 27.4 Å². The Hall–Kier alpha value is -3.99. The Morgan fingerprint density at radius 3 is 2.16 bits per heavy atom. The van der Waals surface area contributed by atoms with Crippen LogP contribution in [0.15, 0.2) is 84.9 Å². The molecule has 5 aromatic rings. The molecule has 1 amide bonds. The molecule has 5 nitrogen and oxygen atoms in total. The van der Waals surface area contributed by atoms with Crippen LogP contribution in [0.1, 0.15) is 21.7 Å². The van der Waals surface area contributed by atoms with Gasteiger partial charge in [-0.15, -0.1) is 5.10 Å². The second-order valence-electron chi connectivity index (χ2n) is 7.88. The van der Waals surface area contributed by atoms with E-state index in [1.807, 2.05) is 35.2 Å². The lowest BCUT2D eigenvalue weighted by Gasteiger charge is -2.26. The molecule has 0 atom stereocenters. The first-order valence-electron chi connectivity index (χ1n) is 10.5. The topological polar surface area (TPSA) is 51.0 Å². The van der Waals surface area contributed by atoms with Crippen molar-refractivity contribution >= 4 is 33.1 Å². The fraction of sp³-hybridized carbons (Fsp3) is 0.115. The smallest absolute Gasteiger partial charge is 0.278 e. The molecule has 150 valence electrons. The van der Waals surface area contributed by atoms with E-state index in [2.05, 4.69) is 64.9 Å². The van der Waals surface area contributed by atoms with Crippen molar-refractivity contribution in [3.63, 3.8) is 0 Å². The molecule has 4 aromatic carbocycles. The predicted molar refractivity (Wildman–Crippen MR) is 122 cm³/mol. The Kier molecular flexibility index (Phi) is 4.06. The van der Waals surface area contributed by atoms with Crippen molar-refractivity contribution in [3.8, 4) is 0 Å². The van der Waals surface area contributed by atoms with Gasteiger partial charge in [0.15, 0.2) is 5.69 Å². The summed E-state index contributed by atoms with van der Waals surface area (Å²) in [6.45, 7) is 1.12. The van der Waals surface area contributed by atoms with E-state index >= 15 is 0 Å². The van der Waals surface area contributed by atoms with Crippen LogP contribution < -0.4 is 4.90 Å². The molecule has 2 heterocycles. The molecule has 0 fully saturated rings. The minimum Gasteiger partial charge on any atom is -0.307 e. The second kappa shape index (κ2) is 7.06. The minimum atomic E-state index is -0.0398. The van der Waals surface area contributed by atoms with Gasteiger partial charge >= 0.3 is 0 Å². The third kappa shape index (κ3) is 2.89. The monoisotopic (exact) mass is 404 g/mol. The summed E-state index contributed by atoms with van der Waals surface area (Å²) in [5, 5.41) is 13.5. The first-order valence-corrected chi connectivity index (χ1v) is 10.5. The van der Waals surface area contributed by atoms with E-state index in [4.69, 9.17) is 0 Å². The SMILES string of the molecule is O=C1c2c(nnn2Cc2c3ccccc3cc3ccccc23)CCN1c1ccccc1. The van der Waals surface area contributed by atoms with Crippen LogP contribution in [0.25, 0.3) is 21.5 Å². The Balaban J connectivity index is 1.48. The number of amides is 1. The fourth-order valence-corrected chi connectivity index (χ4v) is 4.59. The maximum atomic E-state index is 13.4. The number of rotatable bonds is 3. The normalized spacial score (nSPS) is 13.7. The van der Waals surface area contributed by atoms with Gasteiger partial charge in [-0.1, -0.05) is 71.9 Å². The van der Waals surface area contributed by atoms with Crippen molar-refractivity contribution in [2.45, 2.75) is 13.0 Å². The zero-order valence-electron chi connectivity index (χ0n) is 16.9. The van der Waals surface area contributed by atoms with E-state index < -0.39 is 0 Å². The highest BCUT2D eigenvalue weighted by Crippen LogP contribution is 2.30. The van der Waals surface area contributed by atoms with Gasteiger partial charge in [0, 0.05) is 18.7 Å². The number of hydrogen-bond acceptors (Lipinski definition) is 3. The van der Waals surface area contributed by atoms with Crippen molar-refractivity contribution in [2.24, 2.45) is 0 Å². The van der Waals surface area contributed by atoms with E-state index in [0.29, 0.717) is 25.2 Å². The number of carbonyl (C=O) groups excluding carboxylic acids is 1. The molecule has 5 heteroatoms. The maximum Gasteiger partial charge on any atom is 0.278 e. The summed E-state index contributed by atoms with van der Waals surface area (Å²) < 4.78 is 1.78. The third-order valence-electron chi connectivity index (χ3n) is 6.08. The van der Waals surface area contributed by atoms with Gasteiger partial charge in [0.2, 0.25) is 0 Å². The van der Waals surface area contributed by atoms with E-state index in [1.165, 1.54) is 21.5 Å². The van der Waals surface area contributed by atoms with Crippen LogP contribution in [0.4, 0.5) is 5.69 Å². The zero-order chi connectivity index (χ0) is 20.8. The van der Waals surface area contributed by atoms with E-state index in [1.54, 1.807) is 4.68 Å².